The van der Waals surface area contributed by atoms with Crippen LogP contribution < -0.4 is 4.74 Å². The average molecular weight is 191 g/mol. The highest BCUT2D eigenvalue weighted by atomic mass is 32.1. The third-order valence-corrected chi connectivity index (χ3v) is 2.24. The second-order valence-corrected chi connectivity index (χ2v) is 3.09. The van der Waals surface area contributed by atoms with Crippen molar-refractivity contribution in [3.8, 4) is 5.75 Å². The Labute approximate surface area is 82.3 Å². The summed E-state index contributed by atoms with van der Waals surface area (Å²) in [5.41, 5.74) is 1.12. The van der Waals surface area contributed by atoms with Crippen LogP contribution in [-0.2, 0) is 0 Å². The number of ether oxygens (including phenoxy) is 1. The first-order chi connectivity index (χ1) is 6.42. The van der Waals surface area contributed by atoms with Gasteiger partial charge < -0.3 is 4.74 Å². The van der Waals surface area contributed by atoms with Gasteiger partial charge in [0.05, 0.1) is 17.8 Å². The van der Waals surface area contributed by atoms with Gasteiger partial charge in [0.15, 0.2) is 0 Å². The monoisotopic (exact) mass is 191 g/mol. The molecule has 0 fully saturated rings. The molecule has 1 atom stereocenters. The molecule has 0 aliphatic carbocycles. The molecule has 1 aliphatic heterocycles. The van der Waals surface area contributed by atoms with Crippen LogP contribution in [0.4, 0.5) is 0 Å². The van der Waals surface area contributed by atoms with Gasteiger partial charge in [0.25, 0.3) is 0 Å². The van der Waals surface area contributed by atoms with Crippen molar-refractivity contribution in [3.63, 3.8) is 0 Å². The fraction of sp³-hybridized carbons (Fsp3) is 0.300. The molecule has 0 saturated heterocycles. The summed E-state index contributed by atoms with van der Waals surface area (Å²) in [4.78, 5) is 4.11. The predicted octanol–water partition coefficient (Wildman–Crippen LogP) is 2.61. The molecule has 66 valence electrons. The zero-order valence-electron chi connectivity index (χ0n) is 7.06. The molecule has 0 saturated carbocycles. The third-order valence-electron chi connectivity index (χ3n) is 2.14. The average Bonchev–Trinajstić information content (AvgIpc) is 2.19. The molecule has 2 rings (SSSR count). The van der Waals surface area contributed by atoms with Crippen LogP contribution in [0.1, 0.15) is 18.0 Å². The van der Waals surface area contributed by atoms with E-state index in [0.717, 1.165) is 17.7 Å². The minimum absolute atomic E-state index is 0.141. The van der Waals surface area contributed by atoms with Crippen molar-refractivity contribution < 1.29 is 4.74 Å². The van der Waals surface area contributed by atoms with Crippen molar-refractivity contribution in [2.75, 3.05) is 6.61 Å². The molecule has 1 aromatic rings. The van der Waals surface area contributed by atoms with Gasteiger partial charge in [0.2, 0.25) is 0 Å². The lowest BCUT2D eigenvalue weighted by atomic mass is 10.0. The second-order valence-electron chi connectivity index (χ2n) is 2.91. The van der Waals surface area contributed by atoms with Crippen LogP contribution in [0.2, 0.25) is 0 Å². The third kappa shape index (κ3) is 1.62. The number of hydrogen-bond donors (Lipinski definition) is 0. The quantitative estimate of drug-likeness (QED) is 0.502. The second kappa shape index (κ2) is 3.69. The van der Waals surface area contributed by atoms with Crippen LogP contribution >= 0.6 is 12.2 Å². The molecule has 1 aliphatic rings. The van der Waals surface area contributed by atoms with Gasteiger partial charge in [-0.05, 0) is 18.3 Å². The number of hydrogen-bond acceptors (Lipinski definition) is 3. The minimum Gasteiger partial charge on any atom is -0.493 e. The fourth-order valence-electron chi connectivity index (χ4n) is 1.52. The number of nitrogens with zero attached hydrogens (tertiary/aromatic N) is 1. The van der Waals surface area contributed by atoms with Gasteiger partial charge in [-0.3, -0.25) is 0 Å². The van der Waals surface area contributed by atoms with E-state index in [1.165, 1.54) is 0 Å². The van der Waals surface area contributed by atoms with Crippen molar-refractivity contribution in [3.05, 3.63) is 29.8 Å². The molecule has 1 aromatic carbocycles. The molecule has 0 spiro atoms. The molecule has 0 N–H and O–H groups in total. The summed E-state index contributed by atoms with van der Waals surface area (Å²) in [6, 6.07) is 8.07. The van der Waals surface area contributed by atoms with E-state index in [4.69, 9.17) is 4.74 Å². The van der Waals surface area contributed by atoms with Gasteiger partial charge in [-0.15, -0.1) is 0 Å². The maximum absolute atomic E-state index is 5.48. The van der Waals surface area contributed by atoms with Crippen LogP contribution in [0.25, 0.3) is 0 Å². The summed E-state index contributed by atoms with van der Waals surface area (Å²) >= 11 is 4.60. The van der Waals surface area contributed by atoms with E-state index in [0.29, 0.717) is 6.61 Å². The predicted molar refractivity (Wildman–Crippen MR) is 54.3 cm³/mol. The number of rotatable bonds is 1. The number of thiocarbonyl (C=S) groups is 1. The largest absolute Gasteiger partial charge is 0.493 e. The molecule has 3 heteroatoms. The standard InChI is InChI=1S/C10H9NOS/c13-7-11-9-5-6-12-10-4-2-1-3-8(9)10/h1-4,9H,5-6H2/t9-/m0/s1. The van der Waals surface area contributed by atoms with Crippen molar-refractivity contribution in [2.24, 2.45) is 4.99 Å². The van der Waals surface area contributed by atoms with Crippen LogP contribution in [0.15, 0.2) is 29.3 Å². The summed E-state index contributed by atoms with van der Waals surface area (Å²) < 4.78 is 5.48. The van der Waals surface area contributed by atoms with E-state index in [2.05, 4.69) is 22.4 Å². The summed E-state index contributed by atoms with van der Waals surface area (Å²) in [6.45, 7) is 0.711. The lowest BCUT2D eigenvalue weighted by molar-refractivity contribution is 0.270. The van der Waals surface area contributed by atoms with E-state index in [-0.39, 0.29) is 6.04 Å². The Bertz CT molecular complexity index is 358. The van der Waals surface area contributed by atoms with Crippen LogP contribution in [0.5, 0.6) is 5.75 Å². The van der Waals surface area contributed by atoms with Gasteiger partial charge >= 0.3 is 0 Å². The molecule has 0 amide bonds. The topological polar surface area (TPSA) is 21.6 Å². The fourth-order valence-corrected chi connectivity index (χ4v) is 1.65. The van der Waals surface area contributed by atoms with Crippen LogP contribution in [0, 0.1) is 0 Å². The van der Waals surface area contributed by atoms with E-state index in [1.807, 2.05) is 24.3 Å². The van der Waals surface area contributed by atoms with E-state index >= 15 is 0 Å². The molecule has 1 heterocycles. The van der Waals surface area contributed by atoms with Gasteiger partial charge in [-0.2, -0.15) is 0 Å². The Balaban J connectivity index is 2.42. The summed E-state index contributed by atoms with van der Waals surface area (Å²) in [7, 11) is 0. The summed E-state index contributed by atoms with van der Waals surface area (Å²) in [5, 5.41) is 2.43. The summed E-state index contributed by atoms with van der Waals surface area (Å²) in [6.07, 6.45) is 0.890. The van der Waals surface area contributed by atoms with E-state index < -0.39 is 0 Å². The first-order valence-electron chi connectivity index (χ1n) is 4.20. The highest BCUT2D eigenvalue weighted by Gasteiger charge is 2.19. The van der Waals surface area contributed by atoms with Gasteiger partial charge in [0.1, 0.15) is 5.75 Å². The Morgan fingerprint density at radius 1 is 1.46 bits per heavy atom. The first-order valence-corrected chi connectivity index (χ1v) is 4.61. The van der Waals surface area contributed by atoms with Gasteiger partial charge in [-0.1, -0.05) is 18.2 Å². The Kier molecular flexibility index (Phi) is 2.39. The number of para-hydroxylation sites is 1. The molecule has 0 radical (unpaired) electrons. The molecular weight excluding hydrogens is 182 g/mol. The molecule has 0 aromatic heterocycles. The molecule has 0 bridgehead atoms. The van der Waals surface area contributed by atoms with Gasteiger partial charge in [-0.25, -0.2) is 4.99 Å². The van der Waals surface area contributed by atoms with Crippen LogP contribution in [0.3, 0.4) is 0 Å². The number of fused-ring (bicyclic) bond motifs is 1. The van der Waals surface area contributed by atoms with Crippen molar-refractivity contribution in [1.82, 2.24) is 0 Å². The zero-order chi connectivity index (χ0) is 9.10. The maximum Gasteiger partial charge on any atom is 0.124 e. The molecule has 2 nitrogen and oxygen atoms in total. The number of isothiocyanates is 1. The summed E-state index contributed by atoms with van der Waals surface area (Å²) in [5.74, 6) is 0.924. The highest BCUT2D eigenvalue weighted by molar-refractivity contribution is 7.78. The Morgan fingerprint density at radius 2 is 2.31 bits per heavy atom. The first kappa shape index (κ1) is 8.42. The normalized spacial score (nSPS) is 19.5. The highest BCUT2D eigenvalue weighted by Crippen LogP contribution is 2.33. The van der Waals surface area contributed by atoms with E-state index in [9.17, 15) is 0 Å². The van der Waals surface area contributed by atoms with Gasteiger partial charge in [0, 0.05) is 12.0 Å². The number of benzene rings is 1. The smallest absolute Gasteiger partial charge is 0.124 e. The minimum atomic E-state index is 0.141. The zero-order valence-corrected chi connectivity index (χ0v) is 7.88. The maximum atomic E-state index is 5.48. The molecule has 0 unspecified atom stereocenters. The molecular formula is C10H9NOS. The lowest BCUT2D eigenvalue weighted by Gasteiger charge is -2.21. The van der Waals surface area contributed by atoms with Crippen molar-refractivity contribution in [2.45, 2.75) is 12.5 Å². The number of aliphatic imine (C=N–C) groups is 1. The molecule has 13 heavy (non-hydrogen) atoms. The SMILES string of the molecule is S=C=N[C@H]1CCOc2ccccc21. The van der Waals surface area contributed by atoms with Crippen molar-refractivity contribution in [1.29, 1.82) is 0 Å². The van der Waals surface area contributed by atoms with E-state index in [1.54, 1.807) is 0 Å². The lowest BCUT2D eigenvalue weighted by Crippen LogP contribution is -2.12. The van der Waals surface area contributed by atoms with Crippen LogP contribution in [-0.4, -0.2) is 11.8 Å². The Hall–Kier alpha value is -1.18. The van der Waals surface area contributed by atoms with Crippen molar-refractivity contribution >= 4 is 17.4 Å². The Morgan fingerprint density at radius 3 is 3.15 bits per heavy atom.